The van der Waals surface area contributed by atoms with Crippen molar-refractivity contribution in [2.45, 2.75) is 44.2 Å². The number of benzene rings is 3. The highest BCUT2D eigenvalue weighted by Crippen LogP contribution is 2.30. The molecule has 2 heterocycles. The van der Waals surface area contributed by atoms with Crippen molar-refractivity contribution in [3.05, 3.63) is 108 Å². The predicted octanol–water partition coefficient (Wildman–Crippen LogP) is 4.84. The van der Waals surface area contributed by atoms with Crippen LogP contribution in [0.1, 0.15) is 48.3 Å². The van der Waals surface area contributed by atoms with Crippen molar-refractivity contribution in [3.63, 3.8) is 0 Å². The van der Waals surface area contributed by atoms with Gasteiger partial charge in [-0.1, -0.05) is 91.0 Å². The molecule has 3 aromatic rings. The lowest BCUT2D eigenvalue weighted by molar-refractivity contribution is -0.134. The molecule has 5 nitrogen and oxygen atoms in total. The van der Waals surface area contributed by atoms with Crippen LogP contribution in [0.15, 0.2) is 91.0 Å². The number of carbonyl (C=O) groups is 2. The van der Waals surface area contributed by atoms with Crippen molar-refractivity contribution in [2.75, 3.05) is 26.2 Å². The third-order valence-electron chi connectivity index (χ3n) is 8.02. The Labute approximate surface area is 220 Å². The minimum Gasteiger partial charge on any atom is -0.352 e. The summed E-state index contributed by atoms with van der Waals surface area (Å²) >= 11 is 0. The van der Waals surface area contributed by atoms with Gasteiger partial charge in [-0.3, -0.25) is 9.59 Å². The zero-order chi connectivity index (χ0) is 25.5. The first kappa shape index (κ1) is 25.2. The van der Waals surface area contributed by atoms with Gasteiger partial charge >= 0.3 is 0 Å². The molecule has 0 aliphatic carbocycles. The molecule has 2 amide bonds. The molecular weight excluding hydrogens is 458 g/mol. The molecule has 2 saturated heterocycles. The molecule has 0 aromatic heterocycles. The van der Waals surface area contributed by atoms with Crippen molar-refractivity contribution < 1.29 is 9.59 Å². The minimum atomic E-state index is -0.260. The van der Waals surface area contributed by atoms with Crippen molar-refractivity contribution in [1.82, 2.24) is 15.1 Å². The first-order chi connectivity index (χ1) is 18.2. The highest BCUT2D eigenvalue weighted by Gasteiger charge is 2.34. The Kier molecular flexibility index (Phi) is 8.32. The molecule has 5 rings (SSSR count). The third kappa shape index (κ3) is 6.28. The summed E-state index contributed by atoms with van der Waals surface area (Å²) in [6, 6.07) is 30.8. The number of rotatable bonds is 7. The van der Waals surface area contributed by atoms with Crippen LogP contribution in [0.2, 0.25) is 0 Å². The van der Waals surface area contributed by atoms with Crippen LogP contribution in [0, 0.1) is 5.92 Å². The maximum absolute atomic E-state index is 13.7. The van der Waals surface area contributed by atoms with Gasteiger partial charge in [0.05, 0.1) is 5.92 Å². The number of likely N-dealkylation sites (tertiary alicyclic amines) is 2. The summed E-state index contributed by atoms with van der Waals surface area (Å²) in [5.74, 6) is 0.213. The molecule has 0 atom stereocenters. The van der Waals surface area contributed by atoms with Gasteiger partial charge in [0.2, 0.25) is 11.8 Å². The molecule has 1 N–H and O–H groups in total. The van der Waals surface area contributed by atoms with Crippen LogP contribution < -0.4 is 5.32 Å². The lowest BCUT2D eigenvalue weighted by atomic mass is 9.88. The van der Waals surface area contributed by atoms with E-state index in [0.29, 0.717) is 12.6 Å². The molecule has 0 saturated carbocycles. The van der Waals surface area contributed by atoms with Crippen molar-refractivity contribution in [2.24, 2.45) is 5.92 Å². The lowest BCUT2D eigenvalue weighted by Crippen LogP contribution is -2.50. The zero-order valence-corrected chi connectivity index (χ0v) is 21.5. The highest BCUT2D eigenvalue weighted by molar-refractivity contribution is 5.87. The summed E-state index contributed by atoms with van der Waals surface area (Å²) in [7, 11) is 0. The van der Waals surface area contributed by atoms with Crippen LogP contribution in [0.4, 0.5) is 0 Å². The summed E-state index contributed by atoms with van der Waals surface area (Å²) in [6.45, 7) is 4.09. The molecule has 0 unspecified atom stereocenters. The smallest absolute Gasteiger partial charge is 0.234 e. The largest absolute Gasteiger partial charge is 0.352 e. The van der Waals surface area contributed by atoms with Gasteiger partial charge in [0.1, 0.15) is 0 Å². The van der Waals surface area contributed by atoms with Crippen molar-refractivity contribution >= 4 is 11.8 Å². The molecule has 3 aromatic carbocycles. The second-order valence-electron chi connectivity index (χ2n) is 10.3. The molecule has 192 valence electrons. The van der Waals surface area contributed by atoms with Crippen LogP contribution in [0.5, 0.6) is 0 Å². The Morgan fingerprint density at radius 1 is 0.703 bits per heavy atom. The number of nitrogens with one attached hydrogen (secondary N) is 1. The first-order valence-corrected chi connectivity index (χ1v) is 13.6. The number of carbonyl (C=O) groups excluding carboxylic acids is 2. The van der Waals surface area contributed by atoms with Gasteiger partial charge in [0.25, 0.3) is 0 Å². The van der Waals surface area contributed by atoms with Crippen molar-refractivity contribution in [1.29, 1.82) is 0 Å². The minimum absolute atomic E-state index is 0.0964. The van der Waals surface area contributed by atoms with E-state index in [9.17, 15) is 9.59 Å². The van der Waals surface area contributed by atoms with Crippen LogP contribution in [-0.2, 0) is 16.1 Å². The van der Waals surface area contributed by atoms with Crippen LogP contribution >= 0.6 is 0 Å². The Hall–Kier alpha value is -3.44. The standard InChI is InChI=1S/C32H37N3O2/c36-31(33-24-25-10-4-1-5-11-25)28-16-20-34(21-17-28)29-18-22-35(23-19-29)32(37)30(26-12-6-2-7-13-26)27-14-8-3-9-15-27/h1-15,28-30H,16-24H2,(H,33,36). The molecule has 0 radical (unpaired) electrons. The molecule has 2 aliphatic heterocycles. The summed E-state index contributed by atoms with van der Waals surface area (Å²) in [4.78, 5) is 31.0. The molecule has 0 bridgehead atoms. The van der Waals surface area contributed by atoms with Gasteiger partial charge in [-0.25, -0.2) is 0 Å². The van der Waals surface area contributed by atoms with Gasteiger partial charge in [-0.05, 0) is 55.5 Å². The fraction of sp³-hybridized carbons (Fsp3) is 0.375. The molecule has 2 aliphatic rings. The van der Waals surface area contributed by atoms with Gasteiger partial charge in [0.15, 0.2) is 0 Å². The van der Waals surface area contributed by atoms with Gasteiger partial charge in [-0.15, -0.1) is 0 Å². The van der Waals surface area contributed by atoms with E-state index in [1.807, 2.05) is 66.7 Å². The summed E-state index contributed by atoms with van der Waals surface area (Å²) < 4.78 is 0. The molecule has 5 heteroatoms. The van der Waals surface area contributed by atoms with E-state index in [0.717, 1.165) is 68.6 Å². The van der Waals surface area contributed by atoms with E-state index >= 15 is 0 Å². The van der Waals surface area contributed by atoms with Gasteiger partial charge in [-0.2, -0.15) is 0 Å². The quantitative estimate of drug-likeness (QED) is 0.511. The number of amides is 2. The monoisotopic (exact) mass is 495 g/mol. The normalized spacial score (nSPS) is 17.6. The Bertz CT molecular complexity index is 1100. The second kappa shape index (κ2) is 12.2. The van der Waals surface area contributed by atoms with Gasteiger partial charge in [0, 0.05) is 31.6 Å². The lowest BCUT2D eigenvalue weighted by Gasteiger charge is -2.42. The Morgan fingerprint density at radius 3 is 1.76 bits per heavy atom. The molecule has 0 spiro atoms. The van der Waals surface area contributed by atoms with Crippen LogP contribution in [-0.4, -0.2) is 53.8 Å². The predicted molar refractivity (Wildman–Crippen MR) is 147 cm³/mol. The summed E-state index contributed by atoms with van der Waals surface area (Å²) in [5, 5.41) is 3.12. The molecular formula is C32H37N3O2. The maximum Gasteiger partial charge on any atom is 0.234 e. The van der Waals surface area contributed by atoms with Crippen molar-refractivity contribution in [3.8, 4) is 0 Å². The zero-order valence-electron chi connectivity index (χ0n) is 21.5. The third-order valence-corrected chi connectivity index (χ3v) is 8.02. The van der Waals surface area contributed by atoms with E-state index in [2.05, 4.69) is 39.4 Å². The number of piperidine rings is 2. The fourth-order valence-corrected chi connectivity index (χ4v) is 5.86. The maximum atomic E-state index is 13.7. The molecule has 37 heavy (non-hydrogen) atoms. The van der Waals surface area contributed by atoms with Crippen LogP contribution in [0.25, 0.3) is 0 Å². The fourth-order valence-electron chi connectivity index (χ4n) is 5.86. The SMILES string of the molecule is O=C(NCc1ccccc1)C1CCN(C2CCN(C(=O)C(c3ccccc3)c3ccccc3)CC2)CC1. The topological polar surface area (TPSA) is 52.7 Å². The number of hydrogen-bond acceptors (Lipinski definition) is 3. The van der Waals surface area contributed by atoms with E-state index < -0.39 is 0 Å². The number of nitrogens with zero attached hydrogens (tertiary/aromatic N) is 2. The van der Waals surface area contributed by atoms with E-state index in [1.165, 1.54) is 0 Å². The Balaban J connectivity index is 1.12. The second-order valence-corrected chi connectivity index (χ2v) is 10.3. The van der Waals surface area contributed by atoms with Crippen LogP contribution in [0.3, 0.4) is 0 Å². The van der Waals surface area contributed by atoms with E-state index in [-0.39, 0.29) is 23.7 Å². The summed E-state index contributed by atoms with van der Waals surface area (Å²) in [5.41, 5.74) is 3.23. The first-order valence-electron chi connectivity index (χ1n) is 13.6. The highest BCUT2D eigenvalue weighted by atomic mass is 16.2. The van der Waals surface area contributed by atoms with E-state index in [1.54, 1.807) is 0 Å². The number of hydrogen-bond donors (Lipinski definition) is 1. The average molecular weight is 496 g/mol. The Morgan fingerprint density at radius 2 is 1.22 bits per heavy atom. The van der Waals surface area contributed by atoms with E-state index in [4.69, 9.17) is 0 Å². The van der Waals surface area contributed by atoms with Gasteiger partial charge < -0.3 is 15.1 Å². The average Bonchev–Trinajstić information content (AvgIpc) is 2.98. The molecule has 2 fully saturated rings. The summed E-state index contributed by atoms with van der Waals surface area (Å²) in [6.07, 6.45) is 3.80.